The lowest BCUT2D eigenvalue weighted by Gasteiger charge is -2.22. The van der Waals surface area contributed by atoms with Crippen molar-refractivity contribution in [3.63, 3.8) is 0 Å². The minimum absolute atomic E-state index is 0.0838. The van der Waals surface area contributed by atoms with Gasteiger partial charge in [-0.1, -0.05) is 61.7 Å². The highest BCUT2D eigenvalue weighted by molar-refractivity contribution is 5.79. The molecule has 1 heterocycles. The molecule has 0 aromatic heterocycles. The number of carboxylic acids is 1. The number of carbonyl (C=O) groups is 2. The van der Waals surface area contributed by atoms with Crippen LogP contribution in [-0.4, -0.2) is 45.7 Å². The van der Waals surface area contributed by atoms with E-state index in [1.54, 1.807) is 0 Å². The second kappa shape index (κ2) is 13.2. The van der Waals surface area contributed by atoms with Crippen LogP contribution < -0.4 is 0 Å². The maximum Gasteiger partial charge on any atom is 0.303 e. The number of unbranched alkanes of at least 4 members (excludes halogenated alkanes) is 4. The molecule has 1 aromatic rings. The van der Waals surface area contributed by atoms with Crippen LogP contribution in [0.4, 0.5) is 0 Å². The first-order valence-corrected chi connectivity index (χ1v) is 11.0. The molecule has 2 unspecified atom stereocenters. The summed E-state index contributed by atoms with van der Waals surface area (Å²) in [6, 6.07) is 10.5. The summed E-state index contributed by atoms with van der Waals surface area (Å²) in [4.78, 5) is 24.6. The normalized spacial score (nSPS) is 17.9. The van der Waals surface area contributed by atoms with Crippen LogP contribution in [0.2, 0.25) is 0 Å². The summed E-state index contributed by atoms with van der Waals surface area (Å²) < 4.78 is 0. The van der Waals surface area contributed by atoms with E-state index in [1.165, 1.54) is 5.56 Å². The zero-order valence-electron chi connectivity index (χ0n) is 17.3. The third-order valence-electron chi connectivity index (χ3n) is 5.53. The summed E-state index contributed by atoms with van der Waals surface area (Å²) in [6.07, 6.45) is 12.2. The molecule has 1 fully saturated rings. The molecule has 0 aliphatic carbocycles. The number of carbonyl (C=O) groups excluding carboxylic acids is 1. The van der Waals surface area contributed by atoms with Crippen molar-refractivity contribution < 1.29 is 19.8 Å². The predicted molar refractivity (Wildman–Crippen MR) is 115 cm³/mol. The summed E-state index contributed by atoms with van der Waals surface area (Å²) in [6.45, 7) is 0.716. The first-order chi connectivity index (χ1) is 14.1. The van der Waals surface area contributed by atoms with Crippen LogP contribution in [0.15, 0.2) is 42.5 Å². The number of nitrogens with zero attached hydrogens (tertiary/aromatic N) is 1. The van der Waals surface area contributed by atoms with E-state index >= 15 is 0 Å². The summed E-state index contributed by atoms with van der Waals surface area (Å²) >= 11 is 0. The smallest absolute Gasteiger partial charge is 0.303 e. The van der Waals surface area contributed by atoms with E-state index in [0.29, 0.717) is 19.4 Å². The molecule has 1 aliphatic heterocycles. The molecule has 2 N–H and O–H groups in total. The zero-order valence-corrected chi connectivity index (χ0v) is 17.3. The van der Waals surface area contributed by atoms with Gasteiger partial charge in [-0.3, -0.25) is 9.59 Å². The van der Waals surface area contributed by atoms with Gasteiger partial charge in [-0.05, 0) is 44.1 Å². The van der Waals surface area contributed by atoms with Gasteiger partial charge in [0, 0.05) is 19.4 Å². The van der Waals surface area contributed by atoms with Crippen molar-refractivity contribution in [2.45, 2.75) is 82.8 Å². The number of aliphatic carboxylic acids is 1. The zero-order chi connectivity index (χ0) is 20.9. The second-order valence-electron chi connectivity index (χ2n) is 7.93. The standard InChI is InChI=1S/C24H35NO4/c26-22(13-8-7-12-20-10-4-3-5-11-20)17-15-21-16-18-23(27)25(21)19-9-2-1-6-14-24(28)29/h3-5,10-11,15,17,21-22,26H,1-2,6-9,12-14,16,18-19H2,(H,28,29). The number of aliphatic hydroxyl groups is 1. The molecule has 2 atom stereocenters. The summed E-state index contributed by atoms with van der Waals surface area (Å²) in [5.74, 6) is -0.564. The summed E-state index contributed by atoms with van der Waals surface area (Å²) in [5, 5.41) is 18.9. The maximum atomic E-state index is 12.1. The number of amides is 1. The van der Waals surface area contributed by atoms with E-state index < -0.39 is 12.1 Å². The van der Waals surface area contributed by atoms with E-state index in [9.17, 15) is 14.7 Å². The van der Waals surface area contributed by atoms with Crippen molar-refractivity contribution in [2.24, 2.45) is 0 Å². The molecule has 1 aliphatic rings. The van der Waals surface area contributed by atoms with Gasteiger partial charge in [0.15, 0.2) is 0 Å². The fourth-order valence-electron chi connectivity index (χ4n) is 3.84. The fraction of sp³-hybridized carbons (Fsp3) is 0.583. The van der Waals surface area contributed by atoms with Crippen LogP contribution >= 0.6 is 0 Å². The van der Waals surface area contributed by atoms with Crippen molar-refractivity contribution >= 4 is 11.9 Å². The van der Waals surface area contributed by atoms with Crippen LogP contribution in [0.5, 0.6) is 0 Å². The Hall–Kier alpha value is -2.14. The van der Waals surface area contributed by atoms with E-state index in [-0.39, 0.29) is 18.4 Å². The van der Waals surface area contributed by atoms with E-state index in [1.807, 2.05) is 23.1 Å². The molecule has 0 saturated carbocycles. The molecule has 0 bridgehead atoms. The number of aryl methyl sites for hydroxylation is 1. The Labute approximate surface area is 174 Å². The lowest BCUT2D eigenvalue weighted by atomic mass is 10.0. The number of likely N-dealkylation sites (tertiary alicyclic amines) is 1. The molecule has 1 amide bonds. The van der Waals surface area contributed by atoms with Gasteiger partial charge in [0.25, 0.3) is 0 Å². The van der Waals surface area contributed by atoms with Crippen LogP contribution in [0, 0.1) is 0 Å². The van der Waals surface area contributed by atoms with E-state index in [2.05, 4.69) is 24.3 Å². The number of rotatable bonds is 14. The fourth-order valence-corrected chi connectivity index (χ4v) is 3.84. The third kappa shape index (κ3) is 9.27. The number of benzene rings is 1. The van der Waals surface area contributed by atoms with Crippen molar-refractivity contribution in [1.82, 2.24) is 4.90 Å². The molecule has 160 valence electrons. The quantitative estimate of drug-likeness (QED) is 0.359. The SMILES string of the molecule is O=C(O)CCCCCCN1C(=O)CCC1C=CC(O)CCCCc1ccccc1. The Kier molecular flexibility index (Phi) is 10.5. The lowest BCUT2D eigenvalue weighted by molar-refractivity contribution is -0.137. The van der Waals surface area contributed by atoms with Gasteiger partial charge in [-0.15, -0.1) is 0 Å². The minimum Gasteiger partial charge on any atom is -0.481 e. The first kappa shape index (κ1) is 23.1. The summed E-state index contributed by atoms with van der Waals surface area (Å²) in [5.41, 5.74) is 1.33. The molecule has 1 aromatic carbocycles. The van der Waals surface area contributed by atoms with Gasteiger partial charge in [-0.25, -0.2) is 0 Å². The van der Waals surface area contributed by atoms with E-state index in [0.717, 1.165) is 51.4 Å². The molecule has 1 saturated heterocycles. The van der Waals surface area contributed by atoms with Gasteiger partial charge < -0.3 is 15.1 Å². The highest BCUT2D eigenvalue weighted by Gasteiger charge is 2.28. The second-order valence-corrected chi connectivity index (χ2v) is 7.93. The molecule has 2 rings (SSSR count). The Bertz CT molecular complexity index is 644. The largest absolute Gasteiger partial charge is 0.481 e. The molecular weight excluding hydrogens is 366 g/mol. The number of carboxylic acid groups (broad SMARTS) is 1. The Morgan fingerprint density at radius 1 is 1.10 bits per heavy atom. The molecule has 5 heteroatoms. The van der Waals surface area contributed by atoms with Gasteiger partial charge in [0.05, 0.1) is 12.1 Å². The molecule has 0 spiro atoms. The Balaban J connectivity index is 1.63. The van der Waals surface area contributed by atoms with Gasteiger partial charge in [0.2, 0.25) is 5.91 Å². The topological polar surface area (TPSA) is 77.8 Å². The van der Waals surface area contributed by atoms with Crippen LogP contribution in [0.1, 0.15) is 69.8 Å². The highest BCUT2D eigenvalue weighted by atomic mass is 16.4. The van der Waals surface area contributed by atoms with Crippen LogP contribution in [0.25, 0.3) is 0 Å². The monoisotopic (exact) mass is 401 g/mol. The highest BCUT2D eigenvalue weighted by Crippen LogP contribution is 2.21. The average molecular weight is 402 g/mol. The molecule has 29 heavy (non-hydrogen) atoms. The van der Waals surface area contributed by atoms with Gasteiger partial charge in [0.1, 0.15) is 0 Å². The van der Waals surface area contributed by atoms with Crippen LogP contribution in [0.3, 0.4) is 0 Å². The van der Waals surface area contributed by atoms with E-state index in [4.69, 9.17) is 5.11 Å². The van der Waals surface area contributed by atoms with Crippen LogP contribution in [-0.2, 0) is 16.0 Å². The van der Waals surface area contributed by atoms with Crippen molar-refractivity contribution in [2.75, 3.05) is 6.54 Å². The molecule has 5 nitrogen and oxygen atoms in total. The number of hydrogen-bond donors (Lipinski definition) is 2. The maximum absolute atomic E-state index is 12.1. The minimum atomic E-state index is -0.747. The average Bonchev–Trinajstić information content (AvgIpc) is 3.06. The van der Waals surface area contributed by atoms with Gasteiger partial charge in [-0.2, -0.15) is 0 Å². The predicted octanol–water partition coefficient (Wildman–Crippen LogP) is 4.34. The molecular formula is C24H35NO4. The molecule has 0 radical (unpaired) electrons. The third-order valence-corrected chi connectivity index (χ3v) is 5.53. The first-order valence-electron chi connectivity index (χ1n) is 11.0. The summed E-state index contributed by atoms with van der Waals surface area (Å²) in [7, 11) is 0. The Morgan fingerprint density at radius 2 is 1.86 bits per heavy atom. The van der Waals surface area contributed by atoms with Crippen molar-refractivity contribution in [3.8, 4) is 0 Å². The Morgan fingerprint density at radius 3 is 2.62 bits per heavy atom. The number of aliphatic hydroxyl groups excluding tert-OH is 1. The lowest BCUT2D eigenvalue weighted by Crippen LogP contribution is -2.32. The van der Waals surface area contributed by atoms with Crippen molar-refractivity contribution in [3.05, 3.63) is 48.0 Å². The van der Waals surface area contributed by atoms with Gasteiger partial charge >= 0.3 is 5.97 Å². The van der Waals surface area contributed by atoms with Crippen molar-refractivity contribution in [1.29, 1.82) is 0 Å². The number of hydrogen-bond acceptors (Lipinski definition) is 3.